The minimum absolute atomic E-state index is 0.142. The number of aromatic nitrogens is 1. The van der Waals surface area contributed by atoms with Crippen LogP contribution in [0.2, 0.25) is 0 Å². The third-order valence-corrected chi connectivity index (χ3v) is 2.98. The van der Waals surface area contributed by atoms with Crippen LogP contribution in [0.4, 0.5) is 0 Å². The Bertz CT molecular complexity index is 473. The van der Waals surface area contributed by atoms with Crippen LogP contribution in [-0.4, -0.2) is 29.3 Å². The zero-order valence-electron chi connectivity index (χ0n) is 11.5. The quantitative estimate of drug-likeness (QED) is 0.771. The van der Waals surface area contributed by atoms with Crippen LogP contribution in [0.1, 0.15) is 24.3 Å². The van der Waals surface area contributed by atoms with E-state index in [1.807, 2.05) is 37.4 Å². The van der Waals surface area contributed by atoms with Gasteiger partial charge in [0.05, 0.1) is 19.0 Å². The molecule has 0 aliphatic rings. The summed E-state index contributed by atoms with van der Waals surface area (Å²) in [6, 6.07) is 7.70. The predicted molar refractivity (Wildman–Crippen MR) is 75.0 cm³/mol. The van der Waals surface area contributed by atoms with Crippen molar-refractivity contribution in [3.05, 3.63) is 54.2 Å². The molecule has 0 spiro atoms. The highest BCUT2D eigenvalue weighted by Crippen LogP contribution is 2.09. The number of nitrogens with zero attached hydrogens (tertiary/aromatic N) is 1. The van der Waals surface area contributed by atoms with Crippen molar-refractivity contribution in [2.75, 3.05) is 13.2 Å². The maximum atomic E-state index is 9.84. The van der Waals surface area contributed by atoms with Crippen LogP contribution in [0, 0.1) is 0 Å². The molecule has 2 N–H and O–H groups in total. The minimum Gasteiger partial charge on any atom is -0.467 e. The molecule has 0 aliphatic heterocycles. The van der Waals surface area contributed by atoms with E-state index in [1.54, 1.807) is 12.5 Å². The second-order valence-corrected chi connectivity index (χ2v) is 4.66. The smallest absolute Gasteiger partial charge is 0.129 e. The van der Waals surface area contributed by atoms with E-state index >= 15 is 0 Å². The van der Waals surface area contributed by atoms with Crippen molar-refractivity contribution in [2.45, 2.75) is 25.7 Å². The van der Waals surface area contributed by atoms with Crippen LogP contribution in [0.5, 0.6) is 0 Å². The van der Waals surface area contributed by atoms with Crippen molar-refractivity contribution in [1.82, 2.24) is 10.3 Å². The summed E-state index contributed by atoms with van der Waals surface area (Å²) in [5.74, 6) is 0.758. The fourth-order valence-electron chi connectivity index (χ4n) is 1.81. The lowest BCUT2D eigenvalue weighted by Gasteiger charge is -2.17. The lowest BCUT2D eigenvalue weighted by molar-refractivity contribution is 0.0217. The van der Waals surface area contributed by atoms with Crippen molar-refractivity contribution >= 4 is 0 Å². The Morgan fingerprint density at radius 3 is 3.00 bits per heavy atom. The molecule has 0 fully saturated rings. The summed E-state index contributed by atoms with van der Waals surface area (Å²) in [6.45, 7) is 3.15. The fraction of sp³-hybridized carbons (Fsp3) is 0.400. The molecular formula is C15H20N2O3. The van der Waals surface area contributed by atoms with E-state index in [2.05, 4.69) is 10.3 Å². The number of nitrogens with one attached hydrogen (secondary N) is 1. The minimum atomic E-state index is -0.552. The number of furan rings is 1. The summed E-state index contributed by atoms with van der Waals surface area (Å²) in [5.41, 5.74) is 1.09. The molecule has 108 valence electrons. The number of aliphatic hydroxyl groups is 1. The molecule has 20 heavy (non-hydrogen) atoms. The Balaban J connectivity index is 1.63. The molecule has 2 aromatic heterocycles. The van der Waals surface area contributed by atoms with E-state index in [0.29, 0.717) is 13.2 Å². The van der Waals surface area contributed by atoms with Gasteiger partial charge in [-0.3, -0.25) is 4.98 Å². The first-order chi connectivity index (χ1) is 9.75. The molecule has 0 amide bonds. The van der Waals surface area contributed by atoms with E-state index in [0.717, 1.165) is 11.3 Å². The molecule has 0 saturated heterocycles. The second kappa shape index (κ2) is 7.79. The van der Waals surface area contributed by atoms with Crippen LogP contribution in [-0.2, 0) is 11.3 Å². The third kappa shape index (κ3) is 4.77. The highest BCUT2D eigenvalue weighted by atomic mass is 16.5. The number of hydrogen-bond acceptors (Lipinski definition) is 5. The zero-order chi connectivity index (χ0) is 14.2. The Morgan fingerprint density at radius 2 is 2.30 bits per heavy atom. The molecule has 2 aromatic rings. The Labute approximate surface area is 118 Å². The monoisotopic (exact) mass is 276 g/mol. The molecular weight excluding hydrogens is 256 g/mol. The van der Waals surface area contributed by atoms with Gasteiger partial charge in [-0.25, -0.2) is 0 Å². The molecule has 0 radical (unpaired) electrons. The zero-order valence-corrected chi connectivity index (χ0v) is 11.5. The molecule has 0 bridgehead atoms. The van der Waals surface area contributed by atoms with E-state index in [9.17, 15) is 5.11 Å². The van der Waals surface area contributed by atoms with Crippen LogP contribution in [0.3, 0.4) is 0 Å². The Kier molecular flexibility index (Phi) is 5.73. The maximum absolute atomic E-state index is 9.84. The first kappa shape index (κ1) is 14.7. The number of ether oxygens (including phenoxy) is 1. The van der Waals surface area contributed by atoms with Crippen LogP contribution in [0.15, 0.2) is 47.3 Å². The summed E-state index contributed by atoms with van der Waals surface area (Å²) >= 11 is 0. The van der Waals surface area contributed by atoms with Crippen molar-refractivity contribution in [3.63, 3.8) is 0 Å². The molecule has 5 nitrogen and oxygen atoms in total. The SMILES string of the molecule is C[C@H](NCC(O)COCc1ccco1)c1cccnc1. The summed E-state index contributed by atoms with van der Waals surface area (Å²) in [5, 5.41) is 13.1. The van der Waals surface area contributed by atoms with Crippen molar-refractivity contribution < 1.29 is 14.3 Å². The van der Waals surface area contributed by atoms with Gasteiger partial charge >= 0.3 is 0 Å². The van der Waals surface area contributed by atoms with Crippen LogP contribution < -0.4 is 5.32 Å². The van der Waals surface area contributed by atoms with Crippen molar-refractivity contribution in [1.29, 1.82) is 0 Å². The van der Waals surface area contributed by atoms with Gasteiger partial charge in [0.2, 0.25) is 0 Å². The van der Waals surface area contributed by atoms with E-state index in [4.69, 9.17) is 9.15 Å². The van der Waals surface area contributed by atoms with E-state index in [1.165, 1.54) is 0 Å². The Morgan fingerprint density at radius 1 is 1.40 bits per heavy atom. The first-order valence-corrected chi connectivity index (χ1v) is 6.67. The predicted octanol–water partition coefficient (Wildman–Crippen LogP) is 1.90. The van der Waals surface area contributed by atoms with Crippen molar-refractivity contribution in [3.8, 4) is 0 Å². The number of hydrogen-bond donors (Lipinski definition) is 2. The van der Waals surface area contributed by atoms with Gasteiger partial charge in [-0.1, -0.05) is 6.07 Å². The third-order valence-electron chi connectivity index (χ3n) is 2.98. The van der Waals surface area contributed by atoms with Gasteiger partial charge < -0.3 is 19.6 Å². The van der Waals surface area contributed by atoms with Gasteiger partial charge in [0.15, 0.2) is 0 Å². The molecule has 0 aromatic carbocycles. The lowest BCUT2D eigenvalue weighted by Crippen LogP contribution is -2.32. The van der Waals surface area contributed by atoms with Gasteiger partial charge in [-0.05, 0) is 30.7 Å². The largest absolute Gasteiger partial charge is 0.467 e. The van der Waals surface area contributed by atoms with E-state index < -0.39 is 6.10 Å². The summed E-state index contributed by atoms with van der Waals surface area (Å²) in [6.07, 6.45) is 4.61. The van der Waals surface area contributed by atoms with Crippen LogP contribution in [0.25, 0.3) is 0 Å². The summed E-state index contributed by atoms with van der Waals surface area (Å²) in [7, 11) is 0. The van der Waals surface area contributed by atoms with Gasteiger partial charge in [-0.2, -0.15) is 0 Å². The highest BCUT2D eigenvalue weighted by molar-refractivity contribution is 5.12. The first-order valence-electron chi connectivity index (χ1n) is 6.67. The second-order valence-electron chi connectivity index (χ2n) is 4.66. The Hall–Kier alpha value is -1.69. The molecule has 2 atom stereocenters. The lowest BCUT2D eigenvalue weighted by atomic mass is 10.1. The van der Waals surface area contributed by atoms with Gasteiger partial charge in [0.1, 0.15) is 12.4 Å². The molecule has 5 heteroatoms. The summed E-state index contributed by atoms with van der Waals surface area (Å²) < 4.78 is 10.5. The molecule has 2 rings (SSSR count). The van der Waals surface area contributed by atoms with Gasteiger partial charge in [0, 0.05) is 25.0 Å². The molecule has 2 heterocycles. The normalized spacial score (nSPS) is 14.1. The summed E-state index contributed by atoms with van der Waals surface area (Å²) in [4.78, 5) is 4.07. The van der Waals surface area contributed by atoms with Gasteiger partial charge in [0.25, 0.3) is 0 Å². The molecule has 0 aliphatic carbocycles. The highest BCUT2D eigenvalue weighted by Gasteiger charge is 2.09. The van der Waals surface area contributed by atoms with Gasteiger partial charge in [-0.15, -0.1) is 0 Å². The number of rotatable bonds is 8. The van der Waals surface area contributed by atoms with Crippen LogP contribution >= 0.6 is 0 Å². The topological polar surface area (TPSA) is 67.5 Å². The number of aliphatic hydroxyl groups excluding tert-OH is 1. The average molecular weight is 276 g/mol. The maximum Gasteiger partial charge on any atom is 0.129 e. The van der Waals surface area contributed by atoms with Crippen molar-refractivity contribution in [2.24, 2.45) is 0 Å². The molecule has 1 unspecified atom stereocenters. The fourth-order valence-corrected chi connectivity index (χ4v) is 1.81. The van der Waals surface area contributed by atoms with E-state index in [-0.39, 0.29) is 12.6 Å². The number of pyridine rings is 1. The standard InChI is InChI=1S/C15H20N2O3/c1-12(13-4-2-6-16-8-13)17-9-14(18)10-19-11-15-5-3-7-20-15/h2-8,12,14,17-18H,9-11H2,1H3/t12-,14?/m0/s1. The molecule has 0 saturated carbocycles. The average Bonchev–Trinajstić information content (AvgIpc) is 2.99.